The fourth-order valence-corrected chi connectivity index (χ4v) is 4.45. The van der Waals surface area contributed by atoms with E-state index in [0.717, 1.165) is 35.7 Å². The largest absolute Gasteiger partial charge is 0.271 e. The molecule has 0 radical (unpaired) electrons. The van der Waals surface area contributed by atoms with Crippen LogP contribution in [0, 0.1) is 0 Å². The number of anilines is 1. The minimum atomic E-state index is -3.87. The molecule has 0 aliphatic heterocycles. The van der Waals surface area contributed by atoms with Crippen molar-refractivity contribution in [3.05, 3.63) is 60.7 Å². The fourth-order valence-electron chi connectivity index (χ4n) is 3.01. The zero-order chi connectivity index (χ0) is 19.1. The molecule has 2 aromatic carbocycles. The number of benzene rings is 2. The summed E-state index contributed by atoms with van der Waals surface area (Å²) in [5, 5.41) is 4.18. The van der Waals surface area contributed by atoms with Gasteiger partial charge >= 0.3 is 0 Å². The Balaban J connectivity index is 1.82. The third-order valence-corrected chi connectivity index (χ3v) is 6.22. The molecule has 0 unspecified atom stereocenters. The normalized spacial score (nSPS) is 14.4. The second-order valence-corrected chi connectivity index (χ2v) is 8.30. The summed E-state index contributed by atoms with van der Waals surface area (Å²) in [5.41, 5.74) is 3.92. The Hall–Kier alpha value is -2.67. The lowest BCUT2D eigenvalue weighted by atomic mass is 9.99. The Kier molecular flexibility index (Phi) is 6.24. The first-order valence-electron chi connectivity index (χ1n) is 9.04. The molecule has 27 heavy (non-hydrogen) atoms. The van der Waals surface area contributed by atoms with Crippen LogP contribution >= 0.6 is 0 Å². The number of rotatable bonds is 6. The van der Waals surface area contributed by atoms with Gasteiger partial charge in [-0.2, -0.15) is 5.10 Å². The maximum Gasteiger partial charge on any atom is 0.264 e. The van der Waals surface area contributed by atoms with Gasteiger partial charge in [-0.1, -0.05) is 42.8 Å². The lowest BCUT2D eigenvalue weighted by Crippen LogP contribution is -2.39. The van der Waals surface area contributed by atoms with Crippen molar-refractivity contribution in [2.45, 2.75) is 37.0 Å². The predicted octanol–water partition coefficient (Wildman–Crippen LogP) is 3.32. The zero-order valence-electron chi connectivity index (χ0n) is 15.0. The molecule has 0 saturated heterocycles. The van der Waals surface area contributed by atoms with E-state index in [4.69, 9.17) is 0 Å². The van der Waals surface area contributed by atoms with Crippen molar-refractivity contribution in [2.24, 2.45) is 5.10 Å². The SMILES string of the molecule is O=C(CN(c1ccccc1)S(=O)(=O)c1ccccc1)NN=C1CCCCC1. The molecule has 2 aromatic rings. The van der Waals surface area contributed by atoms with E-state index in [1.165, 1.54) is 18.6 Å². The van der Waals surface area contributed by atoms with E-state index >= 15 is 0 Å². The molecular weight excluding hydrogens is 362 g/mol. The monoisotopic (exact) mass is 385 g/mol. The van der Waals surface area contributed by atoms with Crippen molar-refractivity contribution < 1.29 is 13.2 Å². The maximum absolute atomic E-state index is 13.1. The number of nitrogens with zero attached hydrogens (tertiary/aromatic N) is 2. The first-order chi connectivity index (χ1) is 13.1. The molecule has 6 nitrogen and oxygen atoms in total. The lowest BCUT2D eigenvalue weighted by Gasteiger charge is -2.23. The third-order valence-electron chi connectivity index (χ3n) is 4.43. The number of amides is 1. The molecule has 1 aliphatic carbocycles. The van der Waals surface area contributed by atoms with Crippen LogP contribution in [-0.2, 0) is 14.8 Å². The lowest BCUT2D eigenvalue weighted by molar-refractivity contribution is -0.119. The highest BCUT2D eigenvalue weighted by Crippen LogP contribution is 2.23. The number of carbonyl (C=O) groups is 1. The quantitative estimate of drug-likeness (QED) is 0.775. The zero-order valence-corrected chi connectivity index (χ0v) is 15.9. The van der Waals surface area contributed by atoms with E-state index in [1.807, 2.05) is 0 Å². The molecule has 0 atom stereocenters. The summed E-state index contributed by atoms with van der Waals surface area (Å²) < 4.78 is 27.3. The first kappa shape index (κ1) is 19.1. The van der Waals surface area contributed by atoms with Crippen LogP contribution in [0.4, 0.5) is 5.69 Å². The van der Waals surface area contributed by atoms with E-state index in [2.05, 4.69) is 10.5 Å². The van der Waals surface area contributed by atoms with Gasteiger partial charge in [-0.05, 0) is 49.9 Å². The van der Waals surface area contributed by atoms with Gasteiger partial charge in [0.2, 0.25) is 0 Å². The second-order valence-electron chi connectivity index (χ2n) is 6.43. The van der Waals surface area contributed by atoms with Crippen LogP contribution in [0.15, 0.2) is 70.7 Å². The number of para-hydroxylation sites is 1. The van der Waals surface area contributed by atoms with Gasteiger partial charge in [0.15, 0.2) is 0 Å². The number of sulfonamides is 1. The molecule has 1 aliphatic rings. The van der Waals surface area contributed by atoms with Gasteiger partial charge in [0, 0.05) is 5.71 Å². The number of hydrazone groups is 1. The molecule has 0 heterocycles. The van der Waals surface area contributed by atoms with Crippen molar-refractivity contribution in [1.82, 2.24) is 5.43 Å². The summed E-state index contributed by atoms with van der Waals surface area (Å²) in [6.07, 6.45) is 5.10. The molecule has 0 bridgehead atoms. The van der Waals surface area contributed by atoms with Crippen molar-refractivity contribution in [3.63, 3.8) is 0 Å². The van der Waals surface area contributed by atoms with Gasteiger partial charge in [0.05, 0.1) is 10.6 Å². The van der Waals surface area contributed by atoms with E-state index in [-0.39, 0.29) is 11.4 Å². The van der Waals surface area contributed by atoms with Crippen LogP contribution < -0.4 is 9.73 Å². The minimum Gasteiger partial charge on any atom is -0.271 e. The maximum atomic E-state index is 13.1. The van der Waals surface area contributed by atoms with Crippen LogP contribution in [0.2, 0.25) is 0 Å². The molecule has 1 N–H and O–H groups in total. The van der Waals surface area contributed by atoms with Gasteiger partial charge in [0.25, 0.3) is 15.9 Å². The molecule has 0 aromatic heterocycles. The summed E-state index contributed by atoms with van der Waals surface area (Å²) >= 11 is 0. The predicted molar refractivity (Wildman–Crippen MR) is 106 cm³/mol. The Morgan fingerprint density at radius 3 is 2.15 bits per heavy atom. The first-order valence-corrected chi connectivity index (χ1v) is 10.5. The van der Waals surface area contributed by atoms with Crippen molar-refractivity contribution in [2.75, 3.05) is 10.8 Å². The highest BCUT2D eigenvalue weighted by Gasteiger charge is 2.26. The molecule has 3 rings (SSSR count). The standard InChI is InChI=1S/C20H23N3O3S/c24-20(22-21-17-10-4-1-5-11-17)16-23(18-12-6-2-7-13-18)27(25,26)19-14-8-3-9-15-19/h2-3,6-9,12-15H,1,4-5,10-11,16H2,(H,22,24). The van der Waals surface area contributed by atoms with Crippen molar-refractivity contribution in [1.29, 1.82) is 0 Å². The highest BCUT2D eigenvalue weighted by atomic mass is 32.2. The Morgan fingerprint density at radius 2 is 1.52 bits per heavy atom. The number of carbonyl (C=O) groups excluding carboxylic acids is 1. The molecule has 7 heteroatoms. The average molecular weight is 385 g/mol. The Morgan fingerprint density at radius 1 is 0.926 bits per heavy atom. The van der Waals surface area contributed by atoms with E-state index in [0.29, 0.717) is 5.69 Å². The molecule has 142 valence electrons. The summed E-state index contributed by atoms with van der Waals surface area (Å²) in [6.45, 7) is -0.335. The van der Waals surface area contributed by atoms with Crippen LogP contribution in [0.1, 0.15) is 32.1 Å². The van der Waals surface area contributed by atoms with Gasteiger partial charge < -0.3 is 0 Å². The molecule has 1 fully saturated rings. The van der Waals surface area contributed by atoms with Gasteiger partial charge in [-0.15, -0.1) is 0 Å². The van der Waals surface area contributed by atoms with Gasteiger partial charge in [0.1, 0.15) is 6.54 Å². The summed E-state index contributed by atoms with van der Waals surface area (Å²) in [4.78, 5) is 12.6. The van der Waals surface area contributed by atoms with Gasteiger partial charge in [-0.25, -0.2) is 13.8 Å². The molecule has 0 spiro atoms. The number of hydrogen-bond acceptors (Lipinski definition) is 4. The van der Waals surface area contributed by atoms with E-state index in [1.54, 1.807) is 48.5 Å². The average Bonchev–Trinajstić information content (AvgIpc) is 2.72. The topological polar surface area (TPSA) is 78.8 Å². The smallest absolute Gasteiger partial charge is 0.264 e. The fraction of sp³-hybridized carbons (Fsp3) is 0.300. The summed E-state index contributed by atoms with van der Waals surface area (Å²) in [5.74, 6) is -0.462. The summed E-state index contributed by atoms with van der Waals surface area (Å²) in [7, 11) is -3.87. The van der Waals surface area contributed by atoms with E-state index in [9.17, 15) is 13.2 Å². The van der Waals surface area contributed by atoms with Crippen LogP contribution in [0.5, 0.6) is 0 Å². The Bertz CT molecular complexity index is 889. The van der Waals surface area contributed by atoms with E-state index < -0.39 is 15.9 Å². The number of hydrogen-bond donors (Lipinski definition) is 1. The molecule has 1 saturated carbocycles. The third kappa shape index (κ3) is 4.95. The minimum absolute atomic E-state index is 0.139. The summed E-state index contributed by atoms with van der Waals surface area (Å²) in [6, 6.07) is 16.7. The van der Waals surface area contributed by atoms with Crippen LogP contribution in [0.3, 0.4) is 0 Å². The highest BCUT2D eigenvalue weighted by molar-refractivity contribution is 7.92. The number of nitrogens with one attached hydrogen (secondary N) is 1. The van der Waals surface area contributed by atoms with Crippen LogP contribution in [0.25, 0.3) is 0 Å². The van der Waals surface area contributed by atoms with Gasteiger partial charge in [-0.3, -0.25) is 9.10 Å². The van der Waals surface area contributed by atoms with Crippen molar-refractivity contribution >= 4 is 27.3 Å². The molecular formula is C20H23N3O3S. The van der Waals surface area contributed by atoms with Crippen molar-refractivity contribution in [3.8, 4) is 0 Å². The Labute approximate surface area is 159 Å². The second kappa shape index (κ2) is 8.81. The van der Waals surface area contributed by atoms with Crippen LogP contribution in [-0.4, -0.2) is 26.6 Å². The molecule has 1 amide bonds.